The van der Waals surface area contributed by atoms with E-state index in [4.69, 9.17) is 9.47 Å². The molecule has 0 bridgehead atoms. The Labute approximate surface area is 142 Å². The highest BCUT2D eigenvalue weighted by molar-refractivity contribution is 7.15. The third-order valence-corrected chi connectivity index (χ3v) is 4.06. The summed E-state index contributed by atoms with van der Waals surface area (Å²) in [7, 11) is 0. The van der Waals surface area contributed by atoms with Crippen LogP contribution in [0.2, 0.25) is 0 Å². The van der Waals surface area contributed by atoms with Gasteiger partial charge in [-0.15, -0.1) is 11.3 Å². The standard InChI is InChI=1S/C17H16N2O4S/c1-12-3-2-4-14(9-12)22-7-5-16(21)23-11-13-10-15(20)19-6-8-24-17(19)18-13/h2-4,6,8-10H,5,7,11H2,1H3. The number of fused-ring (bicyclic) bond motifs is 1. The van der Waals surface area contributed by atoms with E-state index in [1.165, 1.54) is 21.8 Å². The molecule has 0 aliphatic heterocycles. The number of rotatable bonds is 6. The maximum absolute atomic E-state index is 11.8. The van der Waals surface area contributed by atoms with Crippen molar-refractivity contribution in [2.24, 2.45) is 0 Å². The molecule has 0 aliphatic carbocycles. The molecule has 2 heterocycles. The Kier molecular flexibility index (Phi) is 4.90. The highest BCUT2D eigenvalue weighted by atomic mass is 32.1. The molecule has 3 aromatic rings. The van der Waals surface area contributed by atoms with Gasteiger partial charge >= 0.3 is 5.97 Å². The summed E-state index contributed by atoms with van der Waals surface area (Å²) < 4.78 is 12.1. The molecule has 0 aliphatic rings. The molecule has 0 fully saturated rings. The number of thiazole rings is 1. The average molecular weight is 344 g/mol. The molecule has 3 rings (SSSR count). The van der Waals surface area contributed by atoms with E-state index in [9.17, 15) is 9.59 Å². The highest BCUT2D eigenvalue weighted by Crippen LogP contribution is 2.12. The first kappa shape index (κ1) is 16.2. The lowest BCUT2D eigenvalue weighted by Gasteiger charge is -2.07. The topological polar surface area (TPSA) is 69.9 Å². The maximum Gasteiger partial charge on any atom is 0.309 e. The van der Waals surface area contributed by atoms with Gasteiger partial charge in [-0.3, -0.25) is 14.0 Å². The van der Waals surface area contributed by atoms with Crippen molar-refractivity contribution < 1.29 is 14.3 Å². The summed E-state index contributed by atoms with van der Waals surface area (Å²) in [5, 5.41) is 1.78. The lowest BCUT2D eigenvalue weighted by atomic mass is 10.2. The van der Waals surface area contributed by atoms with E-state index in [0.717, 1.165) is 11.3 Å². The van der Waals surface area contributed by atoms with Gasteiger partial charge in [0.05, 0.1) is 18.7 Å². The van der Waals surface area contributed by atoms with Crippen molar-refractivity contribution >= 4 is 22.3 Å². The molecule has 0 saturated heterocycles. The van der Waals surface area contributed by atoms with Crippen LogP contribution in [0, 0.1) is 6.92 Å². The summed E-state index contributed by atoms with van der Waals surface area (Å²) in [5.41, 5.74) is 1.35. The summed E-state index contributed by atoms with van der Waals surface area (Å²) in [4.78, 5) is 28.5. The van der Waals surface area contributed by atoms with E-state index in [1.807, 2.05) is 31.2 Å². The Hall–Kier alpha value is -2.67. The number of ether oxygens (including phenoxy) is 2. The molecule has 7 heteroatoms. The number of carbonyl (C=O) groups is 1. The second-order valence-electron chi connectivity index (χ2n) is 5.22. The van der Waals surface area contributed by atoms with Gasteiger partial charge in [0.25, 0.3) is 5.56 Å². The first-order valence-corrected chi connectivity index (χ1v) is 8.31. The number of carbonyl (C=O) groups excluding carboxylic acids is 1. The molecule has 6 nitrogen and oxygen atoms in total. The third kappa shape index (κ3) is 3.99. The Balaban J connectivity index is 1.49. The molecule has 0 amide bonds. The largest absolute Gasteiger partial charge is 0.493 e. The zero-order chi connectivity index (χ0) is 16.9. The van der Waals surface area contributed by atoms with Gasteiger partial charge in [-0.2, -0.15) is 0 Å². The Morgan fingerprint density at radius 2 is 2.21 bits per heavy atom. The quantitative estimate of drug-likeness (QED) is 0.643. The zero-order valence-electron chi connectivity index (χ0n) is 13.1. The summed E-state index contributed by atoms with van der Waals surface area (Å²) in [6.07, 6.45) is 1.79. The highest BCUT2D eigenvalue weighted by Gasteiger charge is 2.08. The number of aryl methyl sites for hydroxylation is 1. The molecule has 0 radical (unpaired) electrons. The molecule has 1 aromatic carbocycles. The van der Waals surface area contributed by atoms with Gasteiger partial charge in [-0.25, -0.2) is 4.98 Å². The van der Waals surface area contributed by atoms with Crippen LogP contribution in [0.25, 0.3) is 4.96 Å². The van der Waals surface area contributed by atoms with Gasteiger partial charge in [0.2, 0.25) is 0 Å². The van der Waals surface area contributed by atoms with Crippen molar-refractivity contribution in [3.8, 4) is 5.75 Å². The molecule has 0 saturated carbocycles. The van der Waals surface area contributed by atoms with Crippen molar-refractivity contribution in [2.75, 3.05) is 6.61 Å². The smallest absolute Gasteiger partial charge is 0.309 e. The van der Waals surface area contributed by atoms with E-state index >= 15 is 0 Å². The van der Waals surface area contributed by atoms with Crippen LogP contribution in [0.3, 0.4) is 0 Å². The fraction of sp³-hybridized carbons (Fsp3) is 0.235. The van der Waals surface area contributed by atoms with Crippen LogP contribution >= 0.6 is 11.3 Å². The maximum atomic E-state index is 11.8. The van der Waals surface area contributed by atoms with Crippen molar-refractivity contribution in [2.45, 2.75) is 20.0 Å². The van der Waals surface area contributed by atoms with Crippen LogP contribution in [-0.2, 0) is 16.1 Å². The van der Waals surface area contributed by atoms with Crippen LogP contribution in [0.5, 0.6) is 5.75 Å². The number of nitrogens with zero attached hydrogens (tertiary/aromatic N) is 2. The number of hydrogen-bond donors (Lipinski definition) is 0. The minimum atomic E-state index is -0.393. The molecule has 124 valence electrons. The second kappa shape index (κ2) is 7.27. The van der Waals surface area contributed by atoms with Crippen LogP contribution in [0.4, 0.5) is 0 Å². The van der Waals surface area contributed by atoms with Crippen molar-refractivity contribution in [3.63, 3.8) is 0 Å². The van der Waals surface area contributed by atoms with E-state index in [1.54, 1.807) is 11.6 Å². The molecular formula is C17H16N2O4S. The summed E-state index contributed by atoms with van der Waals surface area (Å²) in [6.45, 7) is 2.19. The predicted molar refractivity (Wildman–Crippen MR) is 90.4 cm³/mol. The summed E-state index contributed by atoms with van der Waals surface area (Å²) in [5.74, 6) is 0.330. The third-order valence-electron chi connectivity index (χ3n) is 3.30. The normalized spacial score (nSPS) is 10.7. The SMILES string of the molecule is Cc1cccc(OCCC(=O)OCc2cc(=O)n3ccsc3n2)c1. The van der Waals surface area contributed by atoms with E-state index in [-0.39, 0.29) is 25.2 Å². The predicted octanol–water partition coefficient (Wildman–Crippen LogP) is 2.58. The van der Waals surface area contributed by atoms with Crippen molar-refractivity contribution in [1.29, 1.82) is 0 Å². The molecule has 0 spiro atoms. The van der Waals surface area contributed by atoms with Crippen molar-refractivity contribution in [3.05, 3.63) is 63.5 Å². The van der Waals surface area contributed by atoms with E-state index in [2.05, 4.69) is 4.98 Å². The van der Waals surface area contributed by atoms with Gasteiger partial charge in [-0.05, 0) is 24.6 Å². The Morgan fingerprint density at radius 1 is 1.33 bits per heavy atom. The Morgan fingerprint density at radius 3 is 3.04 bits per heavy atom. The first-order chi connectivity index (χ1) is 11.6. The van der Waals surface area contributed by atoms with Gasteiger partial charge in [0.15, 0.2) is 4.96 Å². The lowest BCUT2D eigenvalue weighted by Crippen LogP contribution is -2.15. The Bertz CT molecular complexity index is 916. The lowest BCUT2D eigenvalue weighted by molar-refractivity contribution is -0.145. The molecule has 0 N–H and O–H groups in total. The number of hydrogen-bond acceptors (Lipinski definition) is 6. The minimum Gasteiger partial charge on any atom is -0.493 e. The number of aromatic nitrogens is 2. The van der Waals surface area contributed by atoms with Gasteiger partial charge < -0.3 is 9.47 Å². The van der Waals surface area contributed by atoms with Crippen LogP contribution in [-0.4, -0.2) is 22.0 Å². The van der Waals surface area contributed by atoms with Gasteiger partial charge in [0, 0.05) is 17.6 Å². The van der Waals surface area contributed by atoms with Crippen molar-refractivity contribution in [1.82, 2.24) is 9.38 Å². The molecular weight excluding hydrogens is 328 g/mol. The van der Waals surface area contributed by atoms with Gasteiger partial charge in [0.1, 0.15) is 12.4 Å². The minimum absolute atomic E-state index is 0.0209. The molecule has 0 atom stereocenters. The second-order valence-corrected chi connectivity index (χ2v) is 6.09. The van der Waals surface area contributed by atoms with Gasteiger partial charge in [-0.1, -0.05) is 12.1 Å². The molecule has 2 aromatic heterocycles. The monoisotopic (exact) mass is 344 g/mol. The van der Waals surface area contributed by atoms with Crippen LogP contribution < -0.4 is 10.3 Å². The zero-order valence-corrected chi connectivity index (χ0v) is 13.9. The average Bonchev–Trinajstić information content (AvgIpc) is 3.02. The van der Waals surface area contributed by atoms with Crippen LogP contribution in [0.1, 0.15) is 17.7 Å². The van der Waals surface area contributed by atoms with E-state index < -0.39 is 5.97 Å². The molecule has 0 unspecified atom stereocenters. The number of benzene rings is 1. The number of esters is 1. The first-order valence-electron chi connectivity index (χ1n) is 7.43. The van der Waals surface area contributed by atoms with E-state index in [0.29, 0.717) is 10.7 Å². The summed E-state index contributed by atoms with van der Waals surface area (Å²) >= 11 is 1.35. The fourth-order valence-corrected chi connectivity index (χ4v) is 2.88. The summed E-state index contributed by atoms with van der Waals surface area (Å²) in [6, 6.07) is 8.98. The molecule has 24 heavy (non-hydrogen) atoms. The van der Waals surface area contributed by atoms with Crippen LogP contribution in [0.15, 0.2) is 46.7 Å². The fourth-order valence-electron chi connectivity index (χ4n) is 2.15.